The summed E-state index contributed by atoms with van der Waals surface area (Å²) in [6, 6.07) is 9.13. The van der Waals surface area contributed by atoms with Crippen LogP contribution in [0.4, 0.5) is 0 Å². The van der Waals surface area contributed by atoms with Crippen molar-refractivity contribution in [3.63, 3.8) is 0 Å². The van der Waals surface area contributed by atoms with Gasteiger partial charge in [-0.05, 0) is 61.4 Å². The molecule has 0 atom stereocenters. The molecule has 1 aromatic heterocycles. The molecule has 0 spiro atoms. The number of hydrogen-bond acceptors (Lipinski definition) is 5. The molecule has 1 aliphatic heterocycles. The second kappa shape index (κ2) is 8.94. The fourth-order valence-corrected chi connectivity index (χ4v) is 3.86. The van der Waals surface area contributed by atoms with Gasteiger partial charge in [0.05, 0.1) is 0 Å². The first kappa shape index (κ1) is 19.2. The van der Waals surface area contributed by atoms with Crippen molar-refractivity contribution in [1.82, 2.24) is 15.6 Å². The quantitative estimate of drug-likeness (QED) is 0.785. The summed E-state index contributed by atoms with van der Waals surface area (Å²) in [4.78, 5) is 28.6. The third kappa shape index (κ3) is 4.85. The Labute approximate surface area is 169 Å². The molecule has 1 aromatic carbocycles. The zero-order chi connectivity index (χ0) is 20.1. The van der Waals surface area contributed by atoms with Gasteiger partial charge in [-0.3, -0.25) is 14.6 Å². The van der Waals surface area contributed by atoms with Gasteiger partial charge in [0, 0.05) is 37.0 Å². The molecule has 7 nitrogen and oxygen atoms in total. The van der Waals surface area contributed by atoms with Gasteiger partial charge in [0.2, 0.25) is 12.7 Å². The molecule has 7 heteroatoms. The van der Waals surface area contributed by atoms with E-state index >= 15 is 0 Å². The minimum Gasteiger partial charge on any atom is -0.454 e. The van der Waals surface area contributed by atoms with Crippen LogP contribution in [0.15, 0.2) is 42.7 Å². The summed E-state index contributed by atoms with van der Waals surface area (Å²) in [5.74, 6) is 1.95. The van der Waals surface area contributed by atoms with Crippen molar-refractivity contribution in [1.29, 1.82) is 0 Å². The molecule has 29 heavy (non-hydrogen) atoms. The number of pyridine rings is 1. The smallest absolute Gasteiger partial charge is 0.251 e. The highest BCUT2D eigenvalue weighted by Gasteiger charge is 2.26. The first-order valence-electron chi connectivity index (χ1n) is 10.0. The highest BCUT2D eigenvalue weighted by molar-refractivity contribution is 5.93. The van der Waals surface area contributed by atoms with Crippen molar-refractivity contribution in [2.75, 3.05) is 13.3 Å². The number of carbonyl (C=O) groups is 2. The monoisotopic (exact) mass is 395 g/mol. The lowest BCUT2D eigenvalue weighted by Gasteiger charge is -2.28. The maximum atomic E-state index is 12.5. The van der Waals surface area contributed by atoms with Gasteiger partial charge >= 0.3 is 0 Å². The fraction of sp³-hybridized carbons (Fsp3) is 0.409. The Morgan fingerprint density at radius 3 is 2.52 bits per heavy atom. The Bertz CT molecular complexity index is 864. The lowest BCUT2D eigenvalue weighted by Crippen LogP contribution is -2.36. The van der Waals surface area contributed by atoms with E-state index < -0.39 is 0 Å². The summed E-state index contributed by atoms with van der Waals surface area (Å²) in [6.45, 7) is 1.38. The second-order valence-electron chi connectivity index (χ2n) is 7.57. The standard InChI is InChI=1S/C22H25N3O4/c26-21(25-13-16-3-6-19-20(11-16)29-14-28-19)17-4-1-15(2-5-17)12-24-22(27)18-7-9-23-10-8-18/h3,6-11,15,17H,1-2,4-5,12-14H2,(H,24,27)(H,25,26). The largest absolute Gasteiger partial charge is 0.454 e. The zero-order valence-electron chi connectivity index (χ0n) is 16.2. The van der Waals surface area contributed by atoms with Crippen LogP contribution in [0.2, 0.25) is 0 Å². The molecule has 2 N–H and O–H groups in total. The van der Waals surface area contributed by atoms with Gasteiger partial charge in [-0.2, -0.15) is 0 Å². The highest BCUT2D eigenvalue weighted by Crippen LogP contribution is 2.32. The van der Waals surface area contributed by atoms with E-state index in [1.54, 1.807) is 24.5 Å². The van der Waals surface area contributed by atoms with Gasteiger partial charge in [0.15, 0.2) is 11.5 Å². The van der Waals surface area contributed by atoms with Gasteiger partial charge in [-0.15, -0.1) is 0 Å². The number of nitrogens with zero attached hydrogens (tertiary/aromatic N) is 1. The predicted molar refractivity (Wildman–Crippen MR) is 106 cm³/mol. The van der Waals surface area contributed by atoms with Crippen LogP contribution in [-0.2, 0) is 11.3 Å². The van der Waals surface area contributed by atoms with E-state index in [0.29, 0.717) is 24.6 Å². The van der Waals surface area contributed by atoms with E-state index in [2.05, 4.69) is 15.6 Å². The molecule has 0 unspecified atom stereocenters. The first-order valence-corrected chi connectivity index (χ1v) is 10.0. The molecule has 2 aromatic rings. The van der Waals surface area contributed by atoms with Crippen molar-refractivity contribution in [3.8, 4) is 11.5 Å². The Kier molecular flexibility index (Phi) is 5.93. The zero-order valence-corrected chi connectivity index (χ0v) is 16.2. The van der Waals surface area contributed by atoms with E-state index in [1.807, 2.05) is 18.2 Å². The first-order chi connectivity index (χ1) is 14.2. The number of aromatic nitrogens is 1. The number of ether oxygens (including phenoxy) is 2. The van der Waals surface area contributed by atoms with Crippen molar-refractivity contribution >= 4 is 11.8 Å². The summed E-state index contributed by atoms with van der Waals surface area (Å²) in [5, 5.41) is 6.03. The number of rotatable bonds is 6. The van der Waals surface area contributed by atoms with Crippen LogP contribution in [0.5, 0.6) is 11.5 Å². The summed E-state index contributed by atoms with van der Waals surface area (Å²) in [5.41, 5.74) is 1.62. The maximum Gasteiger partial charge on any atom is 0.251 e. The molecular formula is C22H25N3O4. The van der Waals surface area contributed by atoms with Gasteiger partial charge in [0.1, 0.15) is 0 Å². The lowest BCUT2D eigenvalue weighted by atomic mass is 9.81. The number of nitrogens with one attached hydrogen (secondary N) is 2. The van der Waals surface area contributed by atoms with Crippen molar-refractivity contribution in [2.45, 2.75) is 32.2 Å². The summed E-state index contributed by atoms with van der Waals surface area (Å²) in [6.07, 6.45) is 6.81. The molecule has 0 saturated heterocycles. The number of hydrogen-bond donors (Lipinski definition) is 2. The average Bonchev–Trinajstić information content (AvgIpc) is 3.24. The predicted octanol–water partition coefficient (Wildman–Crippen LogP) is 2.66. The van der Waals surface area contributed by atoms with Gasteiger partial charge in [-0.25, -0.2) is 0 Å². The topological polar surface area (TPSA) is 89.6 Å². The molecule has 1 fully saturated rings. The maximum absolute atomic E-state index is 12.5. The second-order valence-corrected chi connectivity index (χ2v) is 7.57. The van der Waals surface area contributed by atoms with E-state index in [-0.39, 0.29) is 24.5 Å². The molecule has 1 aliphatic carbocycles. The summed E-state index contributed by atoms with van der Waals surface area (Å²) >= 11 is 0. The number of carbonyl (C=O) groups excluding carboxylic acids is 2. The van der Waals surface area contributed by atoms with E-state index in [9.17, 15) is 9.59 Å². The van der Waals surface area contributed by atoms with Crippen LogP contribution in [0.1, 0.15) is 41.6 Å². The van der Waals surface area contributed by atoms with E-state index in [4.69, 9.17) is 9.47 Å². The number of amides is 2. The molecule has 1 saturated carbocycles. The van der Waals surface area contributed by atoms with Gasteiger partial charge in [-0.1, -0.05) is 6.07 Å². The Balaban J connectivity index is 1.18. The van der Waals surface area contributed by atoms with Crippen molar-refractivity contribution in [2.24, 2.45) is 11.8 Å². The SMILES string of the molecule is O=C(NCC1CCC(C(=O)NCc2ccc3c(c2)OCO3)CC1)c1ccncc1. The fourth-order valence-electron chi connectivity index (χ4n) is 3.86. The Hall–Kier alpha value is -3.09. The van der Waals surface area contributed by atoms with Crippen molar-refractivity contribution < 1.29 is 19.1 Å². The molecule has 152 valence electrons. The summed E-state index contributed by atoms with van der Waals surface area (Å²) in [7, 11) is 0. The molecule has 0 radical (unpaired) electrons. The van der Waals surface area contributed by atoms with Crippen LogP contribution >= 0.6 is 0 Å². The average molecular weight is 395 g/mol. The molecular weight excluding hydrogens is 370 g/mol. The minimum atomic E-state index is -0.0732. The van der Waals surface area contributed by atoms with Gasteiger partial charge < -0.3 is 20.1 Å². The molecule has 2 aliphatic rings. The number of benzene rings is 1. The molecule has 2 amide bonds. The van der Waals surface area contributed by atoms with Crippen LogP contribution in [0.3, 0.4) is 0 Å². The third-order valence-corrected chi connectivity index (χ3v) is 5.62. The molecule has 2 heterocycles. The van der Waals surface area contributed by atoms with E-state index in [1.165, 1.54) is 0 Å². The third-order valence-electron chi connectivity index (χ3n) is 5.62. The Morgan fingerprint density at radius 2 is 1.72 bits per heavy atom. The van der Waals surface area contributed by atoms with Crippen LogP contribution in [0, 0.1) is 11.8 Å². The molecule has 4 rings (SSSR count). The van der Waals surface area contributed by atoms with Crippen LogP contribution in [-0.4, -0.2) is 30.1 Å². The van der Waals surface area contributed by atoms with E-state index in [0.717, 1.165) is 42.7 Å². The highest BCUT2D eigenvalue weighted by atomic mass is 16.7. The normalized spacial score (nSPS) is 20.1. The molecule has 0 bridgehead atoms. The Morgan fingerprint density at radius 1 is 0.966 bits per heavy atom. The summed E-state index contributed by atoms with van der Waals surface area (Å²) < 4.78 is 10.7. The van der Waals surface area contributed by atoms with Crippen LogP contribution in [0.25, 0.3) is 0 Å². The minimum absolute atomic E-state index is 0.0381. The number of fused-ring (bicyclic) bond motifs is 1. The van der Waals surface area contributed by atoms with Crippen LogP contribution < -0.4 is 20.1 Å². The lowest BCUT2D eigenvalue weighted by molar-refractivity contribution is -0.126. The van der Waals surface area contributed by atoms with Gasteiger partial charge in [0.25, 0.3) is 5.91 Å². The van der Waals surface area contributed by atoms with Crippen molar-refractivity contribution in [3.05, 3.63) is 53.9 Å².